The van der Waals surface area contributed by atoms with Gasteiger partial charge < -0.3 is 10.1 Å². The van der Waals surface area contributed by atoms with E-state index in [-0.39, 0.29) is 31.5 Å². The monoisotopic (exact) mass is 391 g/mol. The van der Waals surface area contributed by atoms with E-state index in [0.29, 0.717) is 11.4 Å². The zero-order chi connectivity index (χ0) is 19.9. The first kappa shape index (κ1) is 20.9. The summed E-state index contributed by atoms with van der Waals surface area (Å²) in [6.07, 6.45) is 4.36. The summed E-state index contributed by atoms with van der Waals surface area (Å²) in [5, 5.41) is 2.79. The number of benzene rings is 1. The molecule has 2 rings (SSSR count). The number of ether oxygens (including phenoxy) is 1. The van der Waals surface area contributed by atoms with Gasteiger partial charge in [0.05, 0.1) is 18.0 Å². The highest BCUT2D eigenvalue weighted by Crippen LogP contribution is 2.25. The number of hydrogen-bond donors (Lipinski definition) is 1. The minimum absolute atomic E-state index is 0.0239. The Balaban J connectivity index is 2.00. The number of hydrogen-bond acceptors (Lipinski definition) is 5. The molecule has 0 atom stereocenters. The van der Waals surface area contributed by atoms with Gasteiger partial charge in [0.2, 0.25) is 15.9 Å². The van der Waals surface area contributed by atoms with E-state index in [0.717, 1.165) is 11.8 Å². The second-order valence-corrected chi connectivity index (χ2v) is 8.40. The van der Waals surface area contributed by atoms with Crippen molar-refractivity contribution in [2.24, 2.45) is 0 Å². The molecule has 0 fully saturated rings. The Hall–Kier alpha value is -2.45. The van der Waals surface area contributed by atoms with Crippen LogP contribution in [0.4, 0.5) is 5.69 Å². The molecule has 0 saturated carbocycles. The minimum Gasteiger partial charge on any atom is -0.489 e. The number of carbonyl (C=O) groups is 1. The lowest BCUT2D eigenvalue weighted by molar-refractivity contribution is -0.116. The van der Waals surface area contributed by atoms with Gasteiger partial charge in [-0.15, -0.1) is 0 Å². The number of aromatic nitrogens is 1. The molecule has 2 aromatic rings. The molecule has 1 aromatic carbocycles. The van der Waals surface area contributed by atoms with E-state index in [1.54, 1.807) is 42.7 Å². The summed E-state index contributed by atoms with van der Waals surface area (Å²) in [6.45, 7) is 4.09. The second kappa shape index (κ2) is 9.48. The van der Waals surface area contributed by atoms with Gasteiger partial charge in [-0.25, -0.2) is 8.42 Å². The summed E-state index contributed by atoms with van der Waals surface area (Å²) in [5.41, 5.74) is 1.38. The van der Waals surface area contributed by atoms with Gasteiger partial charge >= 0.3 is 0 Å². The number of rotatable bonds is 9. The lowest BCUT2D eigenvalue weighted by Crippen LogP contribution is -2.32. The molecule has 0 spiro atoms. The number of para-hydroxylation sites is 2. The Bertz CT molecular complexity index is 854. The average Bonchev–Trinajstić information content (AvgIpc) is 2.60. The van der Waals surface area contributed by atoms with Crippen LogP contribution < -0.4 is 10.1 Å². The molecule has 8 heteroatoms. The molecule has 0 radical (unpaired) electrons. The first-order valence-electron chi connectivity index (χ1n) is 8.65. The summed E-state index contributed by atoms with van der Waals surface area (Å²) in [6, 6.07) is 10.7. The van der Waals surface area contributed by atoms with Crippen molar-refractivity contribution < 1.29 is 17.9 Å². The molecule has 0 aliphatic heterocycles. The van der Waals surface area contributed by atoms with E-state index in [9.17, 15) is 13.2 Å². The van der Waals surface area contributed by atoms with Crippen LogP contribution in [0.25, 0.3) is 0 Å². The SMILES string of the molecule is CC(C)Oc1ccccc1NC(=O)CCN(Cc1ccncc1)S(C)(=O)=O. The van der Waals surface area contributed by atoms with Crippen molar-refractivity contribution in [2.75, 3.05) is 18.1 Å². The lowest BCUT2D eigenvalue weighted by atomic mass is 10.2. The molecule has 7 nitrogen and oxygen atoms in total. The fourth-order valence-corrected chi connectivity index (χ4v) is 3.23. The van der Waals surface area contributed by atoms with E-state index in [4.69, 9.17) is 4.74 Å². The molecule has 0 unspecified atom stereocenters. The Morgan fingerprint density at radius 3 is 2.48 bits per heavy atom. The van der Waals surface area contributed by atoms with Gasteiger partial charge in [-0.2, -0.15) is 4.31 Å². The van der Waals surface area contributed by atoms with Crippen molar-refractivity contribution in [3.63, 3.8) is 0 Å². The highest BCUT2D eigenvalue weighted by atomic mass is 32.2. The average molecular weight is 391 g/mol. The fourth-order valence-electron chi connectivity index (χ4n) is 2.42. The van der Waals surface area contributed by atoms with Crippen LogP contribution in [0.3, 0.4) is 0 Å². The number of pyridine rings is 1. The number of nitrogens with zero attached hydrogens (tertiary/aromatic N) is 2. The zero-order valence-electron chi connectivity index (χ0n) is 15.8. The first-order chi connectivity index (χ1) is 12.8. The van der Waals surface area contributed by atoms with Gasteiger partial charge in [-0.1, -0.05) is 12.1 Å². The molecule has 1 amide bonds. The lowest BCUT2D eigenvalue weighted by Gasteiger charge is -2.20. The fraction of sp³-hybridized carbons (Fsp3) is 0.368. The van der Waals surface area contributed by atoms with Crippen molar-refractivity contribution in [3.8, 4) is 5.75 Å². The molecule has 0 aliphatic carbocycles. The van der Waals surface area contributed by atoms with E-state index in [1.807, 2.05) is 19.9 Å². The predicted molar refractivity (Wildman–Crippen MR) is 105 cm³/mol. The third-order valence-electron chi connectivity index (χ3n) is 3.69. The molecule has 1 N–H and O–H groups in total. The summed E-state index contributed by atoms with van der Waals surface area (Å²) < 4.78 is 31.0. The van der Waals surface area contributed by atoms with Crippen LogP contribution in [0.5, 0.6) is 5.75 Å². The van der Waals surface area contributed by atoms with Crippen LogP contribution in [0.1, 0.15) is 25.8 Å². The highest BCUT2D eigenvalue weighted by Gasteiger charge is 2.19. The van der Waals surface area contributed by atoms with Gasteiger partial charge in [-0.3, -0.25) is 9.78 Å². The highest BCUT2D eigenvalue weighted by molar-refractivity contribution is 7.88. The van der Waals surface area contributed by atoms with Crippen molar-refractivity contribution >= 4 is 21.6 Å². The van der Waals surface area contributed by atoms with Crippen LogP contribution in [0, 0.1) is 0 Å². The van der Waals surface area contributed by atoms with Crippen molar-refractivity contribution in [1.29, 1.82) is 0 Å². The molecule has 1 aromatic heterocycles. The Labute approximate surface area is 160 Å². The van der Waals surface area contributed by atoms with Crippen molar-refractivity contribution in [2.45, 2.75) is 32.9 Å². The first-order valence-corrected chi connectivity index (χ1v) is 10.5. The minimum atomic E-state index is -3.45. The second-order valence-electron chi connectivity index (χ2n) is 6.41. The predicted octanol–water partition coefficient (Wildman–Crippen LogP) is 2.66. The summed E-state index contributed by atoms with van der Waals surface area (Å²) in [4.78, 5) is 16.3. The van der Waals surface area contributed by atoms with Crippen LogP contribution in [0.15, 0.2) is 48.8 Å². The molecule has 1 heterocycles. The van der Waals surface area contributed by atoms with E-state index in [2.05, 4.69) is 10.3 Å². The largest absolute Gasteiger partial charge is 0.489 e. The number of anilines is 1. The number of nitrogens with one attached hydrogen (secondary N) is 1. The number of carbonyl (C=O) groups excluding carboxylic acids is 1. The topological polar surface area (TPSA) is 88.6 Å². The van der Waals surface area contributed by atoms with Gasteiger partial charge in [0.25, 0.3) is 0 Å². The smallest absolute Gasteiger partial charge is 0.225 e. The zero-order valence-corrected chi connectivity index (χ0v) is 16.6. The van der Waals surface area contributed by atoms with E-state index < -0.39 is 10.0 Å². The molecule has 0 bridgehead atoms. The van der Waals surface area contributed by atoms with E-state index in [1.165, 1.54) is 4.31 Å². The normalized spacial score (nSPS) is 11.6. The maximum absolute atomic E-state index is 12.3. The van der Waals surface area contributed by atoms with Gasteiger partial charge in [0.15, 0.2) is 0 Å². The van der Waals surface area contributed by atoms with Crippen LogP contribution >= 0.6 is 0 Å². The molecule has 27 heavy (non-hydrogen) atoms. The Morgan fingerprint density at radius 1 is 1.19 bits per heavy atom. The molecule has 146 valence electrons. The maximum atomic E-state index is 12.3. The summed E-state index contributed by atoms with van der Waals surface area (Å²) in [7, 11) is -3.45. The summed E-state index contributed by atoms with van der Waals surface area (Å²) >= 11 is 0. The molecule has 0 aliphatic rings. The van der Waals surface area contributed by atoms with Gasteiger partial charge in [0.1, 0.15) is 5.75 Å². The Morgan fingerprint density at radius 2 is 1.85 bits per heavy atom. The van der Waals surface area contributed by atoms with Crippen LogP contribution in [-0.4, -0.2) is 42.5 Å². The van der Waals surface area contributed by atoms with Crippen molar-refractivity contribution in [1.82, 2.24) is 9.29 Å². The quantitative estimate of drug-likeness (QED) is 0.710. The summed E-state index contributed by atoms with van der Waals surface area (Å²) in [5.74, 6) is 0.302. The number of amides is 1. The molecular weight excluding hydrogens is 366 g/mol. The maximum Gasteiger partial charge on any atom is 0.225 e. The third kappa shape index (κ3) is 6.99. The number of sulfonamides is 1. The van der Waals surface area contributed by atoms with Crippen molar-refractivity contribution in [3.05, 3.63) is 54.4 Å². The van der Waals surface area contributed by atoms with Gasteiger partial charge in [0, 0.05) is 31.9 Å². The van der Waals surface area contributed by atoms with Crippen LogP contribution in [-0.2, 0) is 21.4 Å². The third-order valence-corrected chi connectivity index (χ3v) is 4.94. The Kier molecular flexibility index (Phi) is 7.32. The molecular formula is C19H25N3O4S. The van der Waals surface area contributed by atoms with E-state index >= 15 is 0 Å². The standard InChI is InChI=1S/C19H25N3O4S/c1-15(2)26-18-7-5-4-6-17(18)21-19(23)10-13-22(27(3,24)25)14-16-8-11-20-12-9-16/h4-9,11-12,15H,10,13-14H2,1-3H3,(H,21,23). The molecule has 0 saturated heterocycles. The van der Waals surface area contributed by atoms with Crippen LogP contribution in [0.2, 0.25) is 0 Å². The van der Waals surface area contributed by atoms with Gasteiger partial charge in [-0.05, 0) is 43.7 Å².